The highest BCUT2D eigenvalue weighted by Crippen LogP contribution is 2.27. The van der Waals surface area contributed by atoms with Crippen molar-refractivity contribution in [1.82, 2.24) is 0 Å². The van der Waals surface area contributed by atoms with Crippen LogP contribution in [0.4, 0.5) is 5.69 Å². The molecule has 0 radical (unpaired) electrons. The van der Waals surface area contributed by atoms with Crippen molar-refractivity contribution in [1.29, 1.82) is 0 Å². The standard InChI is InChI=1S/C14H17NO4/c1-14(19,13(17)18)9-15-8-4-7-12(16)10-5-2-3-6-11(10)15/h2-3,5-6,19H,4,7-9H2,1H3,(H,17,18). The molecule has 0 bridgehead atoms. The Kier molecular flexibility index (Phi) is 3.57. The number of aliphatic hydroxyl groups is 1. The second kappa shape index (κ2) is 5.01. The van der Waals surface area contributed by atoms with E-state index in [1.807, 2.05) is 0 Å². The number of benzene rings is 1. The Morgan fingerprint density at radius 1 is 1.42 bits per heavy atom. The number of β-amino-alcohol motifs (C(OH)–C–C–N with tert-alkyl or cyclic N) is 1. The number of Topliss-reactive ketones (excluding diaryl/α,β-unsaturated/α-hetero) is 1. The molecule has 0 saturated heterocycles. The van der Waals surface area contributed by atoms with Crippen LogP contribution in [-0.2, 0) is 4.79 Å². The molecular formula is C14H17NO4. The van der Waals surface area contributed by atoms with Crippen LogP contribution in [0.2, 0.25) is 0 Å². The SMILES string of the molecule is CC(O)(CN1CCCC(=O)c2ccccc21)C(=O)O. The van der Waals surface area contributed by atoms with Gasteiger partial charge in [0, 0.05) is 24.2 Å². The number of nitrogens with zero attached hydrogens (tertiary/aromatic N) is 1. The Morgan fingerprint density at radius 3 is 2.79 bits per heavy atom. The van der Waals surface area contributed by atoms with Gasteiger partial charge in [0.2, 0.25) is 0 Å². The third kappa shape index (κ3) is 2.76. The van der Waals surface area contributed by atoms with Crippen molar-refractivity contribution in [3.63, 3.8) is 0 Å². The third-order valence-electron chi connectivity index (χ3n) is 3.34. The van der Waals surface area contributed by atoms with Gasteiger partial charge < -0.3 is 15.1 Å². The van der Waals surface area contributed by atoms with Crippen LogP contribution in [-0.4, -0.2) is 40.7 Å². The molecule has 5 nitrogen and oxygen atoms in total. The highest BCUT2D eigenvalue weighted by Gasteiger charge is 2.34. The molecule has 0 aliphatic carbocycles. The monoisotopic (exact) mass is 263 g/mol. The molecule has 1 atom stereocenters. The van der Waals surface area contributed by atoms with Crippen molar-refractivity contribution >= 4 is 17.4 Å². The number of carboxylic acid groups (broad SMARTS) is 1. The van der Waals surface area contributed by atoms with Crippen LogP contribution in [0.25, 0.3) is 0 Å². The van der Waals surface area contributed by atoms with Gasteiger partial charge in [0.1, 0.15) is 0 Å². The first kappa shape index (κ1) is 13.5. The molecule has 1 heterocycles. The van der Waals surface area contributed by atoms with Gasteiger partial charge in [0.05, 0.1) is 6.54 Å². The molecule has 5 heteroatoms. The van der Waals surface area contributed by atoms with Crippen molar-refractivity contribution in [3.8, 4) is 0 Å². The summed E-state index contributed by atoms with van der Waals surface area (Å²) < 4.78 is 0. The van der Waals surface area contributed by atoms with Gasteiger partial charge in [-0.05, 0) is 25.5 Å². The van der Waals surface area contributed by atoms with Gasteiger partial charge in [0.25, 0.3) is 0 Å². The van der Waals surface area contributed by atoms with E-state index in [4.69, 9.17) is 5.11 Å². The van der Waals surface area contributed by atoms with Crippen molar-refractivity contribution in [2.24, 2.45) is 0 Å². The maximum Gasteiger partial charge on any atom is 0.337 e. The predicted octanol–water partition coefficient (Wildman–Crippen LogP) is 1.31. The minimum Gasteiger partial charge on any atom is -0.479 e. The summed E-state index contributed by atoms with van der Waals surface area (Å²) in [5.74, 6) is -1.20. The molecule has 0 saturated carbocycles. The zero-order chi connectivity index (χ0) is 14.0. The molecule has 1 aliphatic heterocycles. The fourth-order valence-electron chi connectivity index (χ4n) is 2.27. The van der Waals surface area contributed by atoms with E-state index in [9.17, 15) is 14.7 Å². The Labute approximate surface area is 111 Å². The van der Waals surface area contributed by atoms with E-state index in [0.29, 0.717) is 30.6 Å². The molecule has 2 N–H and O–H groups in total. The third-order valence-corrected chi connectivity index (χ3v) is 3.34. The van der Waals surface area contributed by atoms with Crippen molar-refractivity contribution in [2.45, 2.75) is 25.4 Å². The summed E-state index contributed by atoms with van der Waals surface area (Å²) in [6.45, 7) is 1.80. The van der Waals surface area contributed by atoms with Crippen molar-refractivity contribution in [2.75, 3.05) is 18.0 Å². The Morgan fingerprint density at radius 2 is 2.11 bits per heavy atom. The Balaban J connectivity index is 2.34. The number of fused-ring (bicyclic) bond motifs is 1. The van der Waals surface area contributed by atoms with E-state index in [0.717, 1.165) is 0 Å². The fraction of sp³-hybridized carbons (Fsp3) is 0.429. The lowest BCUT2D eigenvalue weighted by Gasteiger charge is -2.30. The molecule has 0 fully saturated rings. The summed E-state index contributed by atoms with van der Waals surface area (Å²) in [5, 5.41) is 18.9. The quantitative estimate of drug-likeness (QED) is 0.859. The van der Waals surface area contributed by atoms with Gasteiger partial charge in [-0.25, -0.2) is 4.79 Å². The van der Waals surface area contributed by atoms with Crippen molar-refractivity contribution < 1.29 is 19.8 Å². The molecule has 0 aromatic heterocycles. The average Bonchev–Trinajstić information content (AvgIpc) is 2.50. The number of hydrogen-bond donors (Lipinski definition) is 2. The summed E-state index contributed by atoms with van der Waals surface area (Å²) >= 11 is 0. The summed E-state index contributed by atoms with van der Waals surface area (Å²) in [6.07, 6.45) is 1.10. The van der Waals surface area contributed by atoms with E-state index in [2.05, 4.69) is 0 Å². The second-order valence-corrected chi connectivity index (χ2v) is 5.04. The number of rotatable bonds is 3. The van der Waals surface area contributed by atoms with Gasteiger partial charge in [-0.15, -0.1) is 0 Å². The maximum absolute atomic E-state index is 11.9. The number of para-hydroxylation sites is 1. The average molecular weight is 263 g/mol. The molecule has 1 unspecified atom stereocenters. The second-order valence-electron chi connectivity index (χ2n) is 5.04. The number of carbonyl (C=O) groups is 2. The minimum absolute atomic E-state index is 0.0351. The van der Waals surface area contributed by atoms with E-state index < -0.39 is 11.6 Å². The van der Waals surface area contributed by atoms with Gasteiger partial charge in [-0.2, -0.15) is 0 Å². The number of carboxylic acids is 1. The summed E-state index contributed by atoms with van der Waals surface area (Å²) in [7, 11) is 0. The number of anilines is 1. The minimum atomic E-state index is -1.83. The van der Waals surface area contributed by atoms with Crippen LogP contribution >= 0.6 is 0 Å². The van der Waals surface area contributed by atoms with Crippen LogP contribution in [0.3, 0.4) is 0 Å². The normalized spacial score (nSPS) is 18.4. The van der Waals surface area contributed by atoms with Gasteiger partial charge in [-0.1, -0.05) is 12.1 Å². The lowest BCUT2D eigenvalue weighted by molar-refractivity contribution is -0.155. The van der Waals surface area contributed by atoms with E-state index in [1.165, 1.54) is 6.92 Å². The molecule has 0 amide bonds. The fourth-order valence-corrected chi connectivity index (χ4v) is 2.27. The lowest BCUT2D eigenvalue weighted by atomic mass is 10.0. The Bertz CT molecular complexity index is 510. The summed E-state index contributed by atoms with van der Waals surface area (Å²) in [6, 6.07) is 7.12. The van der Waals surface area contributed by atoms with Gasteiger partial charge in [0.15, 0.2) is 11.4 Å². The first-order valence-electron chi connectivity index (χ1n) is 6.25. The maximum atomic E-state index is 11.9. The summed E-state index contributed by atoms with van der Waals surface area (Å²) in [4.78, 5) is 24.7. The number of hydrogen-bond acceptors (Lipinski definition) is 4. The van der Waals surface area contributed by atoms with Crippen molar-refractivity contribution in [3.05, 3.63) is 29.8 Å². The van der Waals surface area contributed by atoms with Crippen LogP contribution in [0.5, 0.6) is 0 Å². The molecule has 2 rings (SSSR count). The molecule has 1 aliphatic rings. The van der Waals surface area contributed by atoms with Gasteiger partial charge in [-0.3, -0.25) is 4.79 Å². The van der Waals surface area contributed by atoms with Gasteiger partial charge >= 0.3 is 5.97 Å². The number of ketones is 1. The van der Waals surface area contributed by atoms with Crippen LogP contribution in [0.15, 0.2) is 24.3 Å². The van der Waals surface area contributed by atoms with E-state index >= 15 is 0 Å². The van der Waals surface area contributed by atoms with E-state index in [-0.39, 0.29) is 12.3 Å². The number of aliphatic carboxylic acids is 1. The van der Waals surface area contributed by atoms with Crippen LogP contribution in [0, 0.1) is 0 Å². The smallest absolute Gasteiger partial charge is 0.337 e. The first-order valence-corrected chi connectivity index (χ1v) is 6.25. The lowest BCUT2D eigenvalue weighted by Crippen LogP contribution is -2.47. The molecule has 1 aromatic rings. The van der Waals surface area contributed by atoms with E-state index in [1.54, 1.807) is 29.2 Å². The zero-order valence-corrected chi connectivity index (χ0v) is 10.8. The molecule has 102 valence electrons. The zero-order valence-electron chi connectivity index (χ0n) is 10.8. The first-order chi connectivity index (χ1) is 8.92. The highest BCUT2D eigenvalue weighted by molar-refractivity contribution is 6.02. The molecular weight excluding hydrogens is 246 g/mol. The Hall–Kier alpha value is -1.88. The topological polar surface area (TPSA) is 77.8 Å². The largest absolute Gasteiger partial charge is 0.479 e. The highest BCUT2D eigenvalue weighted by atomic mass is 16.4. The number of carbonyl (C=O) groups excluding carboxylic acids is 1. The predicted molar refractivity (Wildman–Crippen MR) is 70.5 cm³/mol. The van der Waals surface area contributed by atoms with Crippen LogP contribution < -0.4 is 4.90 Å². The molecule has 19 heavy (non-hydrogen) atoms. The molecule has 0 spiro atoms. The molecule has 1 aromatic carbocycles. The summed E-state index contributed by atoms with van der Waals surface area (Å²) in [5.41, 5.74) is -0.534. The van der Waals surface area contributed by atoms with Crippen LogP contribution in [0.1, 0.15) is 30.1 Å².